The molecule has 0 aliphatic carbocycles. The first-order chi connectivity index (χ1) is 12.5. The third-order valence-corrected chi connectivity index (χ3v) is 5.51. The molecule has 0 bridgehead atoms. The highest BCUT2D eigenvalue weighted by Crippen LogP contribution is 2.25. The van der Waals surface area contributed by atoms with Crippen molar-refractivity contribution in [1.82, 2.24) is 14.8 Å². The van der Waals surface area contributed by atoms with Crippen molar-refractivity contribution in [2.24, 2.45) is 5.92 Å². The summed E-state index contributed by atoms with van der Waals surface area (Å²) in [7, 11) is 0. The molecule has 1 amide bonds. The number of carbonyl (C=O) groups is 1. The lowest BCUT2D eigenvalue weighted by molar-refractivity contribution is 0.0689. The van der Waals surface area contributed by atoms with Crippen LogP contribution in [0.1, 0.15) is 47.1 Å². The summed E-state index contributed by atoms with van der Waals surface area (Å²) < 4.78 is 2.19. The first-order valence-corrected chi connectivity index (χ1v) is 9.77. The summed E-state index contributed by atoms with van der Waals surface area (Å²) in [6.07, 6.45) is 2.19. The van der Waals surface area contributed by atoms with Crippen LogP contribution in [0, 0.1) is 26.7 Å². The molecule has 1 N–H and O–H groups in total. The second kappa shape index (κ2) is 9.43. The van der Waals surface area contributed by atoms with E-state index in [9.17, 15) is 4.79 Å². The standard InChI is InChI=1S/C22H31N3O.ClH/c1-5-23-15-19-9-11-24(12-10-19)22(26)21-14-17(3)25(18(21)4)20-8-6-7-16(2)13-20;/h6-8,13-14,19,23H,5,9-12,15H2,1-4H3;1H. The van der Waals surface area contributed by atoms with Crippen LogP contribution in [0.25, 0.3) is 5.69 Å². The van der Waals surface area contributed by atoms with Gasteiger partial charge in [-0.1, -0.05) is 19.1 Å². The van der Waals surface area contributed by atoms with Crippen LogP contribution in [-0.4, -0.2) is 41.6 Å². The van der Waals surface area contributed by atoms with Gasteiger partial charge in [0.15, 0.2) is 0 Å². The Balaban J connectivity index is 0.00000261. The van der Waals surface area contributed by atoms with E-state index in [4.69, 9.17) is 0 Å². The maximum absolute atomic E-state index is 13.1. The Hall–Kier alpha value is -1.78. The summed E-state index contributed by atoms with van der Waals surface area (Å²) in [4.78, 5) is 15.1. The molecule has 4 nitrogen and oxygen atoms in total. The molecular weight excluding hydrogens is 358 g/mol. The Bertz CT molecular complexity index is 776. The van der Waals surface area contributed by atoms with Crippen molar-refractivity contribution in [1.29, 1.82) is 0 Å². The van der Waals surface area contributed by atoms with Gasteiger partial charge >= 0.3 is 0 Å². The normalized spacial score (nSPS) is 14.9. The Morgan fingerprint density at radius 3 is 2.48 bits per heavy atom. The number of nitrogens with one attached hydrogen (secondary N) is 1. The molecule has 1 fully saturated rings. The van der Waals surface area contributed by atoms with Crippen LogP contribution in [-0.2, 0) is 0 Å². The number of aryl methyl sites for hydroxylation is 2. The second-order valence-electron chi connectivity index (χ2n) is 7.50. The lowest BCUT2D eigenvalue weighted by Crippen LogP contribution is -2.40. The van der Waals surface area contributed by atoms with Gasteiger partial charge in [0.05, 0.1) is 5.56 Å². The van der Waals surface area contributed by atoms with E-state index in [1.165, 1.54) is 5.56 Å². The number of amides is 1. The average molecular weight is 390 g/mol. The van der Waals surface area contributed by atoms with Crippen molar-refractivity contribution < 1.29 is 4.79 Å². The van der Waals surface area contributed by atoms with Crippen molar-refractivity contribution in [2.75, 3.05) is 26.2 Å². The summed E-state index contributed by atoms with van der Waals surface area (Å²) >= 11 is 0. The molecule has 1 aliphatic heterocycles. The number of halogens is 1. The second-order valence-corrected chi connectivity index (χ2v) is 7.50. The molecule has 1 aromatic carbocycles. The van der Waals surface area contributed by atoms with Crippen LogP contribution in [0.15, 0.2) is 30.3 Å². The van der Waals surface area contributed by atoms with Crippen molar-refractivity contribution in [3.8, 4) is 5.69 Å². The molecule has 1 saturated heterocycles. The number of likely N-dealkylation sites (tertiary alicyclic amines) is 1. The molecule has 3 rings (SSSR count). The molecule has 27 heavy (non-hydrogen) atoms. The number of piperidine rings is 1. The van der Waals surface area contributed by atoms with Gasteiger partial charge in [0.2, 0.25) is 0 Å². The minimum absolute atomic E-state index is 0. The maximum Gasteiger partial charge on any atom is 0.255 e. The van der Waals surface area contributed by atoms with Crippen molar-refractivity contribution in [3.63, 3.8) is 0 Å². The maximum atomic E-state index is 13.1. The quantitative estimate of drug-likeness (QED) is 0.828. The number of aromatic nitrogens is 1. The summed E-state index contributed by atoms with van der Waals surface area (Å²) in [5.41, 5.74) is 5.34. The minimum Gasteiger partial charge on any atom is -0.339 e. The molecule has 1 aliphatic rings. The Morgan fingerprint density at radius 1 is 1.15 bits per heavy atom. The summed E-state index contributed by atoms with van der Waals surface area (Å²) in [6.45, 7) is 12.2. The van der Waals surface area contributed by atoms with Gasteiger partial charge in [0.25, 0.3) is 5.91 Å². The van der Waals surface area contributed by atoms with Gasteiger partial charge in [0, 0.05) is 30.2 Å². The van der Waals surface area contributed by atoms with Gasteiger partial charge in [-0.25, -0.2) is 0 Å². The molecule has 148 valence electrons. The molecule has 2 heterocycles. The van der Waals surface area contributed by atoms with E-state index >= 15 is 0 Å². The van der Waals surface area contributed by atoms with Crippen LogP contribution < -0.4 is 5.32 Å². The predicted octanol–water partition coefficient (Wildman–Crippen LogP) is 4.29. The Labute approximate surface area is 169 Å². The highest BCUT2D eigenvalue weighted by atomic mass is 35.5. The SMILES string of the molecule is CCNCC1CCN(C(=O)c2cc(C)n(-c3cccc(C)c3)c2C)CC1.Cl. The van der Waals surface area contributed by atoms with E-state index in [1.54, 1.807) is 0 Å². The van der Waals surface area contributed by atoms with E-state index in [1.807, 2.05) is 11.0 Å². The van der Waals surface area contributed by atoms with Gasteiger partial charge in [0.1, 0.15) is 0 Å². The van der Waals surface area contributed by atoms with Gasteiger partial charge < -0.3 is 14.8 Å². The first-order valence-electron chi connectivity index (χ1n) is 9.77. The highest BCUT2D eigenvalue weighted by molar-refractivity contribution is 5.96. The van der Waals surface area contributed by atoms with Crippen LogP contribution in [0.4, 0.5) is 0 Å². The Morgan fingerprint density at radius 2 is 1.85 bits per heavy atom. The van der Waals surface area contributed by atoms with E-state index in [0.717, 1.165) is 61.7 Å². The predicted molar refractivity (Wildman–Crippen MR) is 114 cm³/mol. The van der Waals surface area contributed by atoms with Gasteiger partial charge in [-0.15, -0.1) is 12.4 Å². The summed E-state index contributed by atoms with van der Waals surface area (Å²) in [5.74, 6) is 0.873. The van der Waals surface area contributed by atoms with Gasteiger partial charge in [-0.2, -0.15) is 0 Å². The minimum atomic E-state index is 0. The highest BCUT2D eigenvalue weighted by Gasteiger charge is 2.26. The molecule has 1 aromatic heterocycles. The first kappa shape index (κ1) is 21.5. The topological polar surface area (TPSA) is 37.3 Å². The molecule has 0 atom stereocenters. The number of hydrogen-bond acceptors (Lipinski definition) is 2. The fourth-order valence-corrected chi connectivity index (χ4v) is 4.00. The van der Waals surface area contributed by atoms with Gasteiger partial charge in [-0.05, 0) is 76.4 Å². The third kappa shape index (κ3) is 4.74. The van der Waals surface area contributed by atoms with E-state index < -0.39 is 0 Å². The molecular formula is C22H32ClN3O. The lowest BCUT2D eigenvalue weighted by Gasteiger charge is -2.32. The van der Waals surface area contributed by atoms with Crippen LogP contribution in [0.5, 0.6) is 0 Å². The summed E-state index contributed by atoms with van der Waals surface area (Å²) in [5, 5.41) is 3.43. The van der Waals surface area contributed by atoms with E-state index in [0.29, 0.717) is 5.92 Å². The molecule has 2 aromatic rings. The monoisotopic (exact) mass is 389 g/mol. The van der Waals surface area contributed by atoms with Gasteiger partial charge in [-0.3, -0.25) is 4.79 Å². The third-order valence-electron chi connectivity index (χ3n) is 5.51. The lowest BCUT2D eigenvalue weighted by atomic mass is 9.96. The van der Waals surface area contributed by atoms with E-state index in [-0.39, 0.29) is 18.3 Å². The zero-order chi connectivity index (χ0) is 18.7. The van der Waals surface area contributed by atoms with Crippen molar-refractivity contribution >= 4 is 18.3 Å². The van der Waals surface area contributed by atoms with Crippen molar-refractivity contribution in [3.05, 3.63) is 52.8 Å². The number of carbonyl (C=O) groups excluding carboxylic acids is 1. The number of nitrogens with zero attached hydrogens (tertiary/aromatic N) is 2. The zero-order valence-corrected chi connectivity index (χ0v) is 17.7. The fourth-order valence-electron chi connectivity index (χ4n) is 4.00. The molecule has 0 unspecified atom stereocenters. The number of benzene rings is 1. The van der Waals surface area contributed by atoms with Crippen LogP contribution in [0.2, 0.25) is 0 Å². The largest absolute Gasteiger partial charge is 0.339 e. The Kier molecular flexibility index (Phi) is 7.51. The number of rotatable bonds is 5. The molecule has 5 heteroatoms. The average Bonchev–Trinajstić information content (AvgIpc) is 2.94. The van der Waals surface area contributed by atoms with Crippen LogP contribution >= 0.6 is 12.4 Å². The smallest absolute Gasteiger partial charge is 0.255 e. The number of hydrogen-bond donors (Lipinski definition) is 1. The molecule has 0 saturated carbocycles. The van der Waals surface area contributed by atoms with E-state index in [2.05, 4.69) is 61.8 Å². The molecule has 0 spiro atoms. The molecule has 0 radical (unpaired) electrons. The van der Waals surface area contributed by atoms with Crippen molar-refractivity contribution in [2.45, 2.75) is 40.5 Å². The fraction of sp³-hybridized carbons (Fsp3) is 0.500. The zero-order valence-electron chi connectivity index (χ0n) is 16.9. The van der Waals surface area contributed by atoms with Crippen LogP contribution in [0.3, 0.4) is 0 Å². The summed E-state index contributed by atoms with van der Waals surface area (Å²) in [6, 6.07) is 10.5.